The third-order valence-electron chi connectivity index (χ3n) is 4.92. The number of benzene rings is 1. The van der Waals surface area contributed by atoms with E-state index in [9.17, 15) is 30.0 Å². The van der Waals surface area contributed by atoms with Crippen molar-refractivity contribution < 1.29 is 48.6 Å². The standard InChI is InChI=1S/C22H24O11/c1-11-21(14(24)7-8-30-11)33-22-20(28)19(27)18(26)16(32-22)10-31-17(25)6-4-12-3-5-13(23)15(9-12)29-2/h3-9,16,18-20,22-23,26-28H,10H2,1-2H3/t16-,18-,19+,20-,22+/m1/s1. The average molecular weight is 464 g/mol. The zero-order valence-electron chi connectivity index (χ0n) is 17.8. The molecule has 5 atom stereocenters. The maximum atomic E-state index is 12.1. The Morgan fingerprint density at radius 1 is 1.15 bits per heavy atom. The Kier molecular flexibility index (Phi) is 7.71. The molecule has 0 radical (unpaired) electrons. The number of carbonyl (C=O) groups is 1. The van der Waals surface area contributed by atoms with E-state index in [4.69, 9.17) is 23.4 Å². The van der Waals surface area contributed by atoms with Crippen LogP contribution in [0.5, 0.6) is 17.2 Å². The molecule has 1 aliphatic rings. The number of rotatable bonds is 7. The van der Waals surface area contributed by atoms with Gasteiger partial charge in [0, 0.05) is 12.1 Å². The average Bonchev–Trinajstić information content (AvgIpc) is 2.80. The first-order valence-electron chi connectivity index (χ1n) is 9.87. The number of aliphatic hydroxyl groups is 3. The highest BCUT2D eigenvalue weighted by molar-refractivity contribution is 5.87. The van der Waals surface area contributed by atoms with Crippen LogP contribution in [-0.2, 0) is 14.3 Å². The third kappa shape index (κ3) is 5.71. The molecule has 0 bridgehead atoms. The van der Waals surface area contributed by atoms with Gasteiger partial charge in [-0.05, 0) is 30.7 Å². The summed E-state index contributed by atoms with van der Waals surface area (Å²) in [6, 6.07) is 5.57. The second kappa shape index (κ2) is 10.5. The molecule has 33 heavy (non-hydrogen) atoms. The van der Waals surface area contributed by atoms with Crippen molar-refractivity contribution in [1.82, 2.24) is 0 Å². The molecule has 3 rings (SSSR count). The summed E-state index contributed by atoms with van der Waals surface area (Å²) in [5.41, 5.74) is 0.0220. The molecule has 0 amide bonds. The van der Waals surface area contributed by atoms with Crippen LogP contribution in [0.15, 0.2) is 45.8 Å². The highest BCUT2D eigenvalue weighted by atomic mass is 16.7. The Labute approximate surface area is 188 Å². The van der Waals surface area contributed by atoms with Crippen molar-refractivity contribution >= 4 is 12.0 Å². The largest absolute Gasteiger partial charge is 0.504 e. The fraction of sp³-hybridized carbons (Fsp3) is 0.364. The Morgan fingerprint density at radius 3 is 2.61 bits per heavy atom. The fourth-order valence-corrected chi connectivity index (χ4v) is 3.08. The van der Waals surface area contributed by atoms with Crippen LogP contribution in [0.3, 0.4) is 0 Å². The van der Waals surface area contributed by atoms with Gasteiger partial charge in [0.05, 0.1) is 13.4 Å². The molecule has 0 aliphatic carbocycles. The van der Waals surface area contributed by atoms with E-state index in [2.05, 4.69) is 0 Å². The summed E-state index contributed by atoms with van der Waals surface area (Å²) >= 11 is 0. The van der Waals surface area contributed by atoms with E-state index in [1.54, 1.807) is 6.07 Å². The predicted molar refractivity (Wildman–Crippen MR) is 112 cm³/mol. The number of hydrogen-bond donors (Lipinski definition) is 4. The van der Waals surface area contributed by atoms with Crippen LogP contribution in [0.2, 0.25) is 0 Å². The molecule has 0 saturated carbocycles. The number of carbonyl (C=O) groups excluding carboxylic acids is 1. The van der Waals surface area contributed by atoms with E-state index in [0.717, 1.165) is 12.1 Å². The van der Waals surface area contributed by atoms with Crippen molar-refractivity contribution in [3.63, 3.8) is 0 Å². The van der Waals surface area contributed by atoms with Crippen molar-refractivity contribution in [2.24, 2.45) is 0 Å². The van der Waals surface area contributed by atoms with E-state index in [0.29, 0.717) is 5.56 Å². The lowest BCUT2D eigenvalue weighted by Gasteiger charge is -2.39. The molecule has 178 valence electrons. The van der Waals surface area contributed by atoms with Crippen molar-refractivity contribution in [3.05, 3.63) is 58.2 Å². The van der Waals surface area contributed by atoms with Crippen molar-refractivity contribution in [1.29, 1.82) is 0 Å². The lowest BCUT2D eigenvalue weighted by molar-refractivity contribution is -0.278. The van der Waals surface area contributed by atoms with Gasteiger partial charge in [-0.15, -0.1) is 0 Å². The quantitative estimate of drug-likeness (QED) is 0.324. The number of aliphatic hydroxyl groups excluding tert-OH is 3. The highest BCUT2D eigenvalue weighted by Crippen LogP contribution is 2.27. The second-order valence-corrected chi connectivity index (χ2v) is 7.20. The first kappa shape index (κ1) is 24.3. The van der Waals surface area contributed by atoms with Gasteiger partial charge in [-0.25, -0.2) is 4.79 Å². The first-order valence-corrected chi connectivity index (χ1v) is 9.87. The molecule has 0 spiro atoms. The first-order chi connectivity index (χ1) is 15.7. The predicted octanol–water partition coefficient (Wildman–Crippen LogP) is 0.105. The Hall–Kier alpha value is -3.38. The molecule has 11 nitrogen and oxygen atoms in total. The van der Waals surface area contributed by atoms with Crippen LogP contribution in [-0.4, -0.2) is 70.8 Å². The summed E-state index contributed by atoms with van der Waals surface area (Å²) in [4.78, 5) is 24.0. The van der Waals surface area contributed by atoms with Gasteiger partial charge in [-0.2, -0.15) is 0 Å². The molecular weight excluding hydrogens is 440 g/mol. The van der Waals surface area contributed by atoms with Gasteiger partial charge in [0.1, 0.15) is 36.8 Å². The van der Waals surface area contributed by atoms with Gasteiger partial charge in [0.25, 0.3) is 0 Å². The molecule has 1 aliphatic heterocycles. The zero-order chi connectivity index (χ0) is 24.1. The third-order valence-corrected chi connectivity index (χ3v) is 4.92. The molecule has 1 aromatic carbocycles. The van der Waals surface area contributed by atoms with Gasteiger partial charge >= 0.3 is 5.97 Å². The topological polar surface area (TPSA) is 165 Å². The lowest BCUT2D eigenvalue weighted by Crippen LogP contribution is -2.60. The van der Waals surface area contributed by atoms with Crippen LogP contribution in [0.25, 0.3) is 6.08 Å². The molecule has 11 heteroatoms. The van der Waals surface area contributed by atoms with E-state index in [1.165, 1.54) is 38.5 Å². The van der Waals surface area contributed by atoms with Crippen molar-refractivity contribution in [3.8, 4) is 17.2 Å². The van der Waals surface area contributed by atoms with Gasteiger partial charge in [-0.3, -0.25) is 4.79 Å². The van der Waals surface area contributed by atoms with E-state index in [1.807, 2.05) is 0 Å². The van der Waals surface area contributed by atoms with Gasteiger partial charge in [0.2, 0.25) is 17.5 Å². The van der Waals surface area contributed by atoms with Crippen LogP contribution in [0.4, 0.5) is 0 Å². The molecule has 2 aromatic rings. The minimum Gasteiger partial charge on any atom is -0.504 e. The minimum atomic E-state index is -1.69. The van der Waals surface area contributed by atoms with Crippen LogP contribution in [0.1, 0.15) is 11.3 Å². The summed E-state index contributed by atoms with van der Waals surface area (Å²) in [6.07, 6.45) is -4.05. The van der Waals surface area contributed by atoms with E-state index < -0.39 is 48.7 Å². The number of hydrogen-bond acceptors (Lipinski definition) is 11. The normalized spacial score (nSPS) is 25.1. The summed E-state index contributed by atoms with van der Waals surface area (Å²) in [7, 11) is 1.39. The van der Waals surface area contributed by atoms with E-state index >= 15 is 0 Å². The monoisotopic (exact) mass is 464 g/mol. The number of methoxy groups -OCH3 is 1. The molecule has 1 aromatic heterocycles. The summed E-state index contributed by atoms with van der Waals surface area (Å²) in [5.74, 6) is -0.714. The minimum absolute atomic E-state index is 0.0540. The number of aryl methyl sites for hydroxylation is 1. The van der Waals surface area contributed by atoms with Crippen LogP contribution < -0.4 is 14.9 Å². The smallest absolute Gasteiger partial charge is 0.330 e. The number of ether oxygens (including phenoxy) is 4. The molecule has 2 heterocycles. The van der Waals surface area contributed by atoms with Crippen LogP contribution >= 0.6 is 0 Å². The number of aromatic hydroxyl groups is 1. The lowest BCUT2D eigenvalue weighted by atomic mass is 9.99. The Bertz CT molecular complexity index is 1060. The zero-order valence-corrected chi connectivity index (χ0v) is 17.8. The molecule has 4 N–H and O–H groups in total. The Balaban J connectivity index is 1.63. The molecule has 1 saturated heterocycles. The number of phenols is 1. The van der Waals surface area contributed by atoms with Gasteiger partial charge < -0.3 is 43.8 Å². The van der Waals surface area contributed by atoms with Crippen molar-refractivity contribution in [2.75, 3.05) is 13.7 Å². The maximum Gasteiger partial charge on any atom is 0.330 e. The Morgan fingerprint density at radius 2 is 1.91 bits per heavy atom. The van der Waals surface area contributed by atoms with Crippen molar-refractivity contribution in [2.45, 2.75) is 37.6 Å². The highest BCUT2D eigenvalue weighted by Gasteiger charge is 2.45. The van der Waals surface area contributed by atoms with Gasteiger partial charge in [0.15, 0.2) is 11.5 Å². The summed E-state index contributed by atoms with van der Waals surface area (Å²) in [6.45, 7) is 0.988. The maximum absolute atomic E-state index is 12.1. The number of phenolic OH excluding ortho intramolecular Hbond substituents is 1. The van der Waals surface area contributed by atoms with E-state index in [-0.39, 0.29) is 23.0 Å². The second-order valence-electron chi connectivity index (χ2n) is 7.20. The summed E-state index contributed by atoms with van der Waals surface area (Å²) < 4.78 is 26.0. The summed E-state index contributed by atoms with van der Waals surface area (Å²) in [5, 5.41) is 40.1. The molecule has 1 fully saturated rings. The molecular formula is C22H24O11. The van der Waals surface area contributed by atoms with Crippen LogP contribution in [0, 0.1) is 6.92 Å². The number of esters is 1. The SMILES string of the molecule is COc1cc(C=CC(=O)OC[C@H]2O[C@@H](Oc3c(C)occc3=O)[C@H](O)[C@@H](O)[C@@H]2O)ccc1O. The fourth-order valence-electron chi connectivity index (χ4n) is 3.08. The molecule has 0 unspecified atom stereocenters. The van der Waals surface area contributed by atoms with Gasteiger partial charge in [-0.1, -0.05) is 6.07 Å².